The van der Waals surface area contributed by atoms with E-state index in [4.69, 9.17) is 16.4 Å². The number of aliphatic hydroxyl groups is 1. The number of ketones is 1. The second-order valence-electron chi connectivity index (χ2n) is 5.57. The molecule has 1 atom stereocenters. The number of Topliss-reactive ketones (excluding diaryl/α,β-unsaturated/α-hetero) is 1. The zero-order chi connectivity index (χ0) is 17.1. The van der Waals surface area contributed by atoms with Crippen molar-refractivity contribution in [3.8, 4) is 0 Å². The first kappa shape index (κ1) is 17.5. The van der Waals surface area contributed by atoms with Gasteiger partial charge in [-0.3, -0.25) is 9.48 Å². The number of aryl methyl sites for hydroxylation is 2. The van der Waals surface area contributed by atoms with E-state index in [1.54, 1.807) is 11.7 Å². The fourth-order valence-electron chi connectivity index (χ4n) is 2.97. The molecule has 0 aliphatic heterocycles. The van der Waals surface area contributed by atoms with E-state index in [-0.39, 0.29) is 29.5 Å². The molecule has 0 fully saturated rings. The van der Waals surface area contributed by atoms with Crippen LogP contribution >= 0.6 is 11.6 Å². The summed E-state index contributed by atoms with van der Waals surface area (Å²) in [6.07, 6.45) is 1.14. The minimum absolute atomic E-state index is 0.0471. The molecular formula is C16H22ClN3O3. The topological polar surface area (TPSA) is 76.7 Å². The van der Waals surface area contributed by atoms with Gasteiger partial charge in [-0.15, -0.1) is 0 Å². The van der Waals surface area contributed by atoms with E-state index in [1.807, 2.05) is 20.8 Å². The molecule has 1 aromatic rings. The third kappa shape index (κ3) is 3.42. The molecule has 23 heavy (non-hydrogen) atoms. The molecular weight excluding hydrogens is 318 g/mol. The standard InChI is InChI=1S/C16H22ClN3O3/c1-5-11(19-23-6-2)15-12(21)7-10(8-13(15)22)14-9(3)18-20(4)16(14)17/h10,21H,5-8H2,1-4H3. The van der Waals surface area contributed by atoms with Crippen molar-refractivity contribution in [3.05, 3.63) is 27.7 Å². The highest BCUT2D eigenvalue weighted by atomic mass is 35.5. The molecule has 2 rings (SSSR count). The number of hydrogen-bond acceptors (Lipinski definition) is 5. The van der Waals surface area contributed by atoms with Crippen molar-refractivity contribution in [2.45, 2.75) is 46.0 Å². The van der Waals surface area contributed by atoms with Crippen LogP contribution in [-0.2, 0) is 16.7 Å². The molecule has 0 amide bonds. The monoisotopic (exact) mass is 339 g/mol. The fraction of sp³-hybridized carbons (Fsp3) is 0.562. The minimum Gasteiger partial charge on any atom is -0.511 e. The second kappa shape index (κ2) is 7.17. The Morgan fingerprint density at radius 1 is 1.48 bits per heavy atom. The summed E-state index contributed by atoms with van der Waals surface area (Å²) >= 11 is 6.29. The van der Waals surface area contributed by atoms with E-state index in [2.05, 4.69) is 10.3 Å². The van der Waals surface area contributed by atoms with Crippen LogP contribution in [-0.4, -0.2) is 33.0 Å². The van der Waals surface area contributed by atoms with Gasteiger partial charge in [0.2, 0.25) is 0 Å². The number of nitrogens with zero attached hydrogens (tertiary/aromatic N) is 3. The van der Waals surface area contributed by atoms with E-state index in [0.29, 0.717) is 30.3 Å². The lowest BCUT2D eigenvalue weighted by Crippen LogP contribution is -2.24. The number of hydrogen-bond donors (Lipinski definition) is 1. The Balaban J connectivity index is 2.36. The zero-order valence-electron chi connectivity index (χ0n) is 13.9. The van der Waals surface area contributed by atoms with Crippen LogP contribution < -0.4 is 0 Å². The summed E-state index contributed by atoms with van der Waals surface area (Å²) in [6.45, 7) is 5.96. The number of aromatic nitrogens is 2. The highest BCUT2D eigenvalue weighted by Crippen LogP contribution is 2.38. The third-order valence-corrected chi connectivity index (χ3v) is 4.42. The first-order valence-corrected chi connectivity index (χ1v) is 8.11. The van der Waals surface area contributed by atoms with Crippen LogP contribution in [0.3, 0.4) is 0 Å². The van der Waals surface area contributed by atoms with Crippen molar-refractivity contribution in [2.24, 2.45) is 12.2 Å². The van der Waals surface area contributed by atoms with Gasteiger partial charge in [-0.1, -0.05) is 23.7 Å². The summed E-state index contributed by atoms with van der Waals surface area (Å²) in [6, 6.07) is 0. The van der Waals surface area contributed by atoms with Crippen molar-refractivity contribution in [2.75, 3.05) is 6.61 Å². The molecule has 7 heteroatoms. The molecule has 0 saturated carbocycles. The number of halogens is 1. The Hall–Kier alpha value is -1.82. The predicted molar refractivity (Wildman–Crippen MR) is 88.9 cm³/mol. The average molecular weight is 340 g/mol. The molecule has 1 heterocycles. The molecule has 1 N–H and O–H groups in total. The number of aliphatic hydroxyl groups excluding tert-OH is 1. The Kier molecular flexibility index (Phi) is 5.46. The van der Waals surface area contributed by atoms with E-state index >= 15 is 0 Å². The fourth-order valence-corrected chi connectivity index (χ4v) is 3.29. The molecule has 1 aliphatic rings. The minimum atomic E-state index is -0.169. The molecule has 6 nitrogen and oxygen atoms in total. The summed E-state index contributed by atoms with van der Waals surface area (Å²) in [5.74, 6) is -0.262. The van der Waals surface area contributed by atoms with Gasteiger partial charge in [0, 0.05) is 31.4 Å². The van der Waals surface area contributed by atoms with Crippen molar-refractivity contribution >= 4 is 23.1 Å². The number of oxime groups is 1. The first-order chi connectivity index (χ1) is 10.9. The van der Waals surface area contributed by atoms with Crippen LogP contribution in [0.25, 0.3) is 0 Å². The normalized spacial score (nSPS) is 19.4. The van der Waals surface area contributed by atoms with Crippen molar-refractivity contribution < 1.29 is 14.7 Å². The van der Waals surface area contributed by atoms with Crippen LogP contribution in [0.1, 0.15) is 50.3 Å². The van der Waals surface area contributed by atoms with E-state index in [9.17, 15) is 9.90 Å². The SMILES string of the molecule is CCON=C(CC)C1=C(O)CC(c2c(C)nn(C)c2Cl)CC1=O. The van der Waals surface area contributed by atoms with Gasteiger partial charge in [0.25, 0.3) is 0 Å². The lowest BCUT2D eigenvalue weighted by atomic mass is 9.81. The van der Waals surface area contributed by atoms with Gasteiger partial charge in [0.15, 0.2) is 5.78 Å². The van der Waals surface area contributed by atoms with Crippen molar-refractivity contribution in [3.63, 3.8) is 0 Å². The summed E-state index contributed by atoms with van der Waals surface area (Å²) in [5, 5.41) is 19.2. The van der Waals surface area contributed by atoms with E-state index in [0.717, 1.165) is 11.3 Å². The lowest BCUT2D eigenvalue weighted by molar-refractivity contribution is -0.116. The van der Waals surface area contributed by atoms with Crippen LogP contribution in [0.15, 0.2) is 16.5 Å². The van der Waals surface area contributed by atoms with Gasteiger partial charge in [-0.25, -0.2) is 0 Å². The van der Waals surface area contributed by atoms with Crippen LogP contribution in [0, 0.1) is 6.92 Å². The number of carbonyl (C=O) groups is 1. The number of allylic oxidation sites excluding steroid dienone is 2. The molecule has 0 spiro atoms. The maximum atomic E-state index is 12.6. The molecule has 126 valence electrons. The van der Waals surface area contributed by atoms with Gasteiger partial charge in [0.05, 0.1) is 17.0 Å². The van der Waals surface area contributed by atoms with Gasteiger partial charge in [0.1, 0.15) is 17.5 Å². The number of carbonyl (C=O) groups excluding carboxylic acids is 1. The largest absolute Gasteiger partial charge is 0.511 e. The van der Waals surface area contributed by atoms with Gasteiger partial charge >= 0.3 is 0 Å². The summed E-state index contributed by atoms with van der Waals surface area (Å²) in [5.41, 5.74) is 2.38. The molecule has 0 bridgehead atoms. The molecule has 1 unspecified atom stereocenters. The number of rotatable bonds is 5. The van der Waals surface area contributed by atoms with Crippen LogP contribution in [0.5, 0.6) is 0 Å². The quantitative estimate of drug-likeness (QED) is 0.658. The Labute approximate surface area is 140 Å². The van der Waals surface area contributed by atoms with E-state index in [1.165, 1.54) is 0 Å². The van der Waals surface area contributed by atoms with Gasteiger partial charge in [-0.2, -0.15) is 5.10 Å². The van der Waals surface area contributed by atoms with E-state index < -0.39 is 0 Å². The molecule has 1 aromatic heterocycles. The maximum Gasteiger partial charge on any atom is 0.168 e. The Morgan fingerprint density at radius 3 is 2.65 bits per heavy atom. The predicted octanol–water partition coefficient (Wildman–Crippen LogP) is 3.44. The first-order valence-electron chi connectivity index (χ1n) is 7.74. The van der Waals surface area contributed by atoms with Crippen molar-refractivity contribution in [1.29, 1.82) is 0 Å². The van der Waals surface area contributed by atoms with Crippen molar-refractivity contribution in [1.82, 2.24) is 9.78 Å². The lowest BCUT2D eigenvalue weighted by Gasteiger charge is -2.24. The molecule has 0 saturated heterocycles. The highest BCUT2D eigenvalue weighted by Gasteiger charge is 2.34. The Morgan fingerprint density at radius 2 is 2.17 bits per heavy atom. The van der Waals surface area contributed by atoms with Gasteiger partial charge < -0.3 is 9.94 Å². The summed E-state index contributed by atoms with van der Waals surface area (Å²) in [7, 11) is 1.76. The van der Waals surface area contributed by atoms with Crippen LogP contribution in [0.4, 0.5) is 0 Å². The molecule has 0 radical (unpaired) electrons. The van der Waals surface area contributed by atoms with Crippen LogP contribution in [0.2, 0.25) is 5.15 Å². The smallest absolute Gasteiger partial charge is 0.168 e. The summed E-state index contributed by atoms with van der Waals surface area (Å²) < 4.78 is 1.58. The molecule has 0 aromatic carbocycles. The zero-order valence-corrected chi connectivity index (χ0v) is 14.6. The highest BCUT2D eigenvalue weighted by molar-refractivity contribution is 6.30. The summed E-state index contributed by atoms with van der Waals surface area (Å²) in [4.78, 5) is 17.6. The third-order valence-electron chi connectivity index (χ3n) is 3.97. The van der Waals surface area contributed by atoms with Gasteiger partial charge in [-0.05, 0) is 20.3 Å². The average Bonchev–Trinajstić information content (AvgIpc) is 2.74. The maximum absolute atomic E-state index is 12.6. The molecule has 1 aliphatic carbocycles. The Bertz CT molecular complexity index is 676. The second-order valence-corrected chi connectivity index (χ2v) is 5.93.